The van der Waals surface area contributed by atoms with E-state index in [4.69, 9.17) is 4.42 Å². The maximum atomic E-state index is 12.5. The lowest BCUT2D eigenvalue weighted by molar-refractivity contribution is -0.118. The SMILES string of the molecule is O=C1CCCCC[C@H]1Sc1nnc(-c2ccc(Br)o2)n1Cc1ccccc1. The topological polar surface area (TPSA) is 60.9 Å². The first-order valence-corrected chi connectivity index (χ1v) is 10.8. The number of rotatable bonds is 5. The average molecular weight is 446 g/mol. The molecule has 0 unspecified atom stereocenters. The molecule has 0 aliphatic heterocycles. The van der Waals surface area contributed by atoms with Gasteiger partial charge in [0.2, 0.25) is 5.82 Å². The Kier molecular flexibility index (Phi) is 5.78. The van der Waals surface area contributed by atoms with Gasteiger partial charge in [-0.15, -0.1) is 10.2 Å². The average Bonchev–Trinajstić information content (AvgIpc) is 3.21. The summed E-state index contributed by atoms with van der Waals surface area (Å²) in [6.45, 7) is 0.630. The van der Waals surface area contributed by atoms with Crippen LogP contribution in [0, 0.1) is 0 Å². The van der Waals surface area contributed by atoms with Crippen LogP contribution < -0.4 is 0 Å². The molecule has 1 aromatic carbocycles. The summed E-state index contributed by atoms with van der Waals surface area (Å²) in [6, 6.07) is 13.9. The number of hydrogen-bond donors (Lipinski definition) is 0. The highest BCUT2D eigenvalue weighted by atomic mass is 79.9. The van der Waals surface area contributed by atoms with Crippen molar-refractivity contribution < 1.29 is 9.21 Å². The van der Waals surface area contributed by atoms with Gasteiger partial charge in [-0.3, -0.25) is 9.36 Å². The van der Waals surface area contributed by atoms with Gasteiger partial charge < -0.3 is 4.42 Å². The Labute approximate surface area is 170 Å². The highest BCUT2D eigenvalue weighted by Gasteiger charge is 2.26. The number of ketones is 1. The maximum absolute atomic E-state index is 12.5. The number of carbonyl (C=O) groups is 1. The predicted molar refractivity (Wildman–Crippen MR) is 109 cm³/mol. The van der Waals surface area contributed by atoms with Crippen molar-refractivity contribution in [1.29, 1.82) is 0 Å². The highest BCUT2D eigenvalue weighted by Crippen LogP contribution is 2.33. The van der Waals surface area contributed by atoms with E-state index < -0.39 is 0 Å². The fourth-order valence-corrected chi connectivity index (χ4v) is 4.74. The lowest BCUT2D eigenvalue weighted by Crippen LogP contribution is -2.16. The largest absolute Gasteiger partial charge is 0.446 e. The van der Waals surface area contributed by atoms with Gasteiger partial charge in [-0.25, -0.2) is 0 Å². The fourth-order valence-electron chi connectivity index (χ4n) is 3.28. The van der Waals surface area contributed by atoms with E-state index in [0.29, 0.717) is 35.0 Å². The quantitative estimate of drug-likeness (QED) is 0.495. The molecule has 27 heavy (non-hydrogen) atoms. The molecule has 0 N–H and O–H groups in total. The second-order valence-electron chi connectivity index (χ2n) is 6.65. The molecule has 4 rings (SSSR count). The Morgan fingerprint density at radius 3 is 2.74 bits per heavy atom. The van der Waals surface area contributed by atoms with Gasteiger partial charge in [-0.1, -0.05) is 54.9 Å². The third kappa shape index (κ3) is 4.35. The van der Waals surface area contributed by atoms with Crippen LogP contribution in [0.2, 0.25) is 0 Å². The number of furan rings is 1. The van der Waals surface area contributed by atoms with Crippen molar-refractivity contribution in [1.82, 2.24) is 14.8 Å². The van der Waals surface area contributed by atoms with Crippen molar-refractivity contribution in [2.45, 2.75) is 49.1 Å². The molecule has 1 aliphatic carbocycles. The zero-order valence-corrected chi connectivity index (χ0v) is 17.2. The first-order valence-electron chi connectivity index (χ1n) is 9.13. The van der Waals surface area contributed by atoms with Crippen molar-refractivity contribution in [3.8, 4) is 11.6 Å². The summed E-state index contributed by atoms with van der Waals surface area (Å²) in [4.78, 5) is 12.5. The maximum Gasteiger partial charge on any atom is 0.200 e. The van der Waals surface area contributed by atoms with Gasteiger partial charge in [0.05, 0.1) is 11.8 Å². The van der Waals surface area contributed by atoms with Gasteiger partial charge >= 0.3 is 0 Å². The Morgan fingerprint density at radius 1 is 1.11 bits per heavy atom. The predicted octanol–water partition coefficient (Wildman–Crippen LogP) is 5.34. The van der Waals surface area contributed by atoms with E-state index in [1.807, 2.05) is 34.9 Å². The Hall–Kier alpha value is -1.86. The second-order valence-corrected chi connectivity index (χ2v) is 8.61. The van der Waals surface area contributed by atoms with E-state index in [1.54, 1.807) is 11.8 Å². The van der Waals surface area contributed by atoms with E-state index >= 15 is 0 Å². The number of thioether (sulfide) groups is 1. The monoisotopic (exact) mass is 445 g/mol. The second kappa shape index (κ2) is 8.44. The van der Waals surface area contributed by atoms with Gasteiger partial charge in [0.1, 0.15) is 5.78 Å². The van der Waals surface area contributed by atoms with Crippen molar-refractivity contribution >= 4 is 33.5 Å². The summed E-state index contributed by atoms with van der Waals surface area (Å²) in [5, 5.41) is 9.51. The molecule has 1 saturated carbocycles. The van der Waals surface area contributed by atoms with Crippen LogP contribution in [0.15, 0.2) is 56.7 Å². The molecule has 7 heteroatoms. The molecule has 5 nitrogen and oxygen atoms in total. The minimum absolute atomic E-state index is 0.0394. The molecule has 2 heterocycles. The number of nitrogens with zero attached hydrogens (tertiary/aromatic N) is 3. The summed E-state index contributed by atoms with van der Waals surface area (Å²) < 4.78 is 8.41. The van der Waals surface area contributed by atoms with Crippen LogP contribution in [0.25, 0.3) is 11.6 Å². The number of aromatic nitrogens is 3. The molecule has 2 aromatic heterocycles. The number of halogens is 1. The third-order valence-corrected chi connectivity index (χ3v) is 6.41. The normalized spacial score (nSPS) is 17.8. The summed E-state index contributed by atoms with van der Waals surface area (Å²) >= 11 is 4.89. The molecule has 3 aromatic rings. The van der Waals surface area contributed by atoms with Gasteiger partial charge in [0, 0.05) is 6.42 Å². The third-order valence-electron chi connectivity index (χ3n) is 4.69. The van der Waals surface area contributed by atoms with Gasteiger partial charge in [0.15, 0.2) is 15.6 Å². The van der Waals surface area contributed by atoms with E-state index in [-0.39, 0.29) is 5.25 Å². The van der Waals surface area contributed by atoms with Gasteiger partial charge in [-0.05, 0) is 46.5 Å². The first-order chi connectivity index (χ1) is 13.2. The van der Waals surface area contributed by atoms with Crippen LogP contribution >= 0.6 is 27.7 Å². The van der Waals surface area contributed by atoms with Crippen LogP contribution in [0.1, 0.15) is 37.7 Å². The number of Topliss-reactive ketones (excluding diaryl/α,β-unsaturated/α-hetero) is 1. The van der Waals surface area contributed by atoms with Crippen LogP contribution in [0.5, 0.6) is 0 Å². The molecule has 0 amide bonds. The molecule has 1 aliphatic rings. The smallest absolute Gasteiger partial charge is 0.200 e. The molecule has 0 saturated heterocycles. The lowest BCUT2D eigenvalue weighted by Gasteiger charge is -2.14. The van der Waals surface area contributed by atoms with Crippen LogP contribution in [-0.4, -0.2) is 25.8 Å². The fraction of sp³-hybridized carbons (Fsp3) is 0.350. The number of hydrogen-bond acceptors (Lipinski definition) is 5. The van der Waals surface area contributed by atoms with Crippen molar-refractivity contribution in [3.63, 3.8) is 0 Å². The zero-order chi connectivity index (χ0) is 18.6. The molecular weight excluding hydrogens is 426 g/mol. The zero-order valence-electron chi connectivity index (χ0n) is 14.8. The van der Waals surface area contributed by atoms with Crippen molar-refractivity contribution in [2.75, 3.05) is 0 Å². The van der Waals surface area contributed by atoms with Crippen LogP contribution in [0.3, 0.4) is 0 Å². The minimum atomic E-state index is -0.0394. The van der Waals surface area contributed by atoms with E-state index in [2.05, 4.69) is 38.3 Å². The Morgan fingerprint density at radius 2 is 1.96 bits per heavy atom. The summed E-state index contributed by atoms with van der Waals surface area (Å²) in [5.41, 5.74) is 1.15. The minimum Gasteiger partial charge on any atom is -0.446 e. The first kappa shape index (κ1) is 18.5. The van der Waals surface area contributed by atoms with Crippen LogP contribution in [0.4, 0.5) is 0 Å². The summed E-state index contributed by atoms with van der Waals surface area (Å²) in [6.07, 6.45) is 4.80. The molecule has 0 bridgehead atoms. The van der Waals surface area contributed by atoms with E-state index in [0.717, 1.165) is 36.4 Å². The van der Waals surface area contributed by atoms with Crippen molar-refractivity contribution in [2.24, 2.45) is 0 Å². The number of benzene rings is 1. The molecule has 0 spiro atoms. The van der Waals surface area contributed by atoms with Crippen LogP contribution in [-0.2, 0) is 11.3 Å². The van der Waals surface area contributed by atoms with Crippen molar-refractivity contribution in [3.05, 3.63) is 52.7 Å². The number of carbonyl (C=O) groups excluding carboxylic acids is 1. The Balaban J connectivity index is 1.68. The Bertz CT molecular complexity index is 922. The molecule has 1 fully saturated rings. The molecule has 1 atom stereocenters. The van der Waals surface area contributed by atoms with Gasteiger partial charge in [0.25, 0.3) is 0 Å². The highest BCUT2D eigenvalue weighted by molar-refractivity contribution is 9.10. The molecule has 140 valence electrons. The standard InChI is InChI=1S/C20H20BrN3O2S/c21-18-12-11-16(26-18)19-22-23-20(24(19)13-14-7-3-1-4-8-14)27-17-10-6-2-5-9-15(17)25/h1,3-4,7-8,11-12,17H,2,5-6,9-10,13H2/t17-/m1/s1. The summed E-state index contributed by atoms with van der Waals surface area (Å²) in [5.74, 6) is 1.66. The lowest BCUT2D eigenvalue weighted by atomic mass is 10.2. The molecule has 0 radical (unpaired) electrons. The van der Waals surface area contributed by atoms with E-state index in [1.165, 1.54) is 0 Å². The van der Waals surface area contributed by atoms with E-state index in [9.17, 15) is 4.79 Å². The summed E-state index contributed by atoms with van der Waals surface area (Å²) in [7, 11) is 0. The molecular formula is C20H20BrN3O2S. The van der Waals surface area contributed by atoms with Gasteiger partial charge in [-0.2, -0.15) is 0 Å².